The van der Waals surface area contributed by atoms with Crippen LogP contribution in [0.2, 0.25) is 0 Å². The Kier molecular flexibility index (Phi) is 5.85. The maximum Gasteiger partial charge on any atom is 0.0839 e. The summed E-state index contributed by atoms with van der Waals surface area (Å²) < 4.78 is 12.7. The molecule has 1 unspecified atom stereocenters. The molecule has 0 saturated heterocycles. The van der Waals surface area contributed by atoms with E-state index in [9.17, 15) is 0 Å². The summed E-state index contributed by atoms with van der Waals surface area (Å²) >= 11 is 2.46. The smallest absolute Gasteiger partial charge is 0.0839 e. The molecule has 3 heteroatoms. The monoisotopic (exact) mass is 326 g/mol. The van der Waals surface area contributed by atoms with Gasteiger partial charge in [-0.15, -0.1) is 0 Å². The van der Waals surface area contributed by atoms with Crippen LogP contribution in [-0.4, -0.2) is 29.8 Å². The number of hydrogen-bond donors (Lipinski definition) is 0. The standard InChI is InChI=1S/C12H23IO2/c1-10(2)11(8-14-3)15-12(9-13)6-4-5-7-12/h10-11H,4-9H2,1-3H3. The van der Waals surface area contributed by atoms with Crippen LogP contribution in [0.15, 0.2) is 0 Å². The third-order valence-corrected chi connectivity index (χ3v) is 4.62. The van der Waals surface area contributed by atoms with Crippen LogP contribution in [0.1, 0.15) is 39.5 Å². The number of hydrogen-bond acceptors (Lipinski definition) is 2. The highest BCUT2D eigenvalue weighted by molar-refractivity contribution is 14.1. The van der Waals surface area contributed by atoms with Gasteiger partial charge in [0, 0.05) is 11.5 Å². The van der Waals surface area contributed by atoms with Gasteiger partial charge in [0.15, 0.2) is 0 Å². The molecule has 0 aromatic rings. The average Bonchev–Trinajstić information content (AvgIpc) is 2.66. The lowest BCUT2D eigenvalue weighted by Crippen LogP contribution is -2.39. The summed E-state index contributed by atoms with van der Waals surface area (Å²) in [6.45, 7) is 5.13. The molecule has 0 aromatic carbocycles. The van der Waals surface area contributed by atoms with Gasteiger partial charge in [-0.25, -0.2) is 0 Å². The fourth-order valence-electron chi connectivity index (χ4n) is 2.15. The van der Waals surface area contributed by atoms with Gasteiger partial charge in [0.1, 0.15) is 0 Å². The van der Waals surface area contributed by atoms with E-state index in [4.69, 9.17) is 9.47 Å². The van der Waals surface area contributed by atoms with Crippen molar-refractivity contribution < 1.29 is 9.47 Å². The summed E-state index contributed by atoms with van der Waals surface area (Å²) in [7, 11) is 1.75. The fraction of sp³-hybridized carbons (Fsp3) is 1.00. The van der Waals surface area contributed by atoms with Crippen molar-refractivity contribution in [2.45, 2.75) is 51.2 Å². The second-order valence-electron chi connectivity index (χ2n) is 4.88. The van der Waals surface area contributed by atoms with Crippen molar-refractivity contribution >= 4 is 22.6 Å². The summed E-state index contributed by atoms with van der Waals surface area (Å²) in [6.07, 6.45) is 5.34. The molecular weight excluding hydrogens is 303 g/mol. The zero-order valence-electron chi connectivity index (χ0n) is 10.1. The van der Waals surface area contributed by atoms with Gasteiger partial charge >= 0.3 is 0 Å². The molecule has 1 aliphatic carbocycles. The largest absolute Gasteiger partial charge is 0.382 e. The van der Waals surface area contributed by atoms with Gasteiger partial charge in [0.2, 0.25) is 0 Å². The Morgan fingerprint density at radius 1 is 1.27 bits per heavy atom. The van der Waals surface area contributed by atoms with Crippen LogP contribution < -0.4 is 0 Å². The lowest BCUT2D eigenvalue weighted by molar-refractivity contribution is -0.115. The van der Waals surface area contributed by atoms with Crippen LogP contribution in [0.5, 0.6) is 0 Å². The third-order valence-electron chi connectivity index (χ3n) is 3.23. The van der Waals surface area contributed by atoms with E-state index in [2.05, 4.69) is 36.4 Å². The summed E-state index contributed by atoms with van der Waals surface area (Å²) in [5.41, 5.74) is 0.147. The van der Waals surface area contributed by atoms with Crippen LogP contribution in [-0.2, 0) is 9.47 Å². The summed E-state index contributed by atoms with van der Waals surface area (Å²) in [5, 5.41) is 0. The zero-order chi connectivity index (χ0) is 11.3. The van der Waals surface area contributed by atoms with Crippen molar-refractivity contribution in [2.75, 3.05) is 18.1 Å². The molecule has 1 fully saturated rings. The van der Waals surface area contributed by atoms with Crippen LogP contribution in [0.3, 0.4) is 0 Å². The van der Waals surface area contributed by atoms with E-state index >= 15 is 0 Å². The van der Waals surface area contributed by atoms with Gasteiger partial charge in [-0.05, 0) is 18.8 Å². The van der Waals surface area contributed by atoms with Crippen molar-refractivity contribution in [3.05, 3.63) is 0 Å². The Labute approximate surface area is 107 Å². The van der Waals surface area contributed by atoms with Crippen molar-refractivity contribution in [3.63, 3.8) is 0 Å². The Hall–Kier alpha value is 0.650. The first-order valence-electron chi connectivity index (χ1n) is 5.86. The number of halogens is 1. The highest BCUT2D eigenvalue weighted by atomic mass is 127. The van der Waals surface area contributed by atoms with E-state index in [1.165, 1.54) is 25.7 Å². The van der Waals surface area contributed by atoms with Crippen LogP contribution >= 0.6 is 22.6 Å². The Balaban J connectivity index is 2.54. The van der Waals surface area contributed by atoms with E-state index in [0.29, 0.717) is 5.92 Å². The molecule has 1 aliphatic rings. The Bertz CT molecular complexity index is 176. The predicted octanol–water partition coefficient (Wildman–Crippen LogP) is 3.42. The van der Waals surface area contributed by atoms with Gasteiger partial charge < -0.3 is 9.47 Å². The summed E-state index contributed by atoms with van der Waals surface area (Å²) in [6, 6.07) is 0. The second kappa shape index (κ2) is 6.40. The summed E-state index contributed by atoms with van der Waals surface area (Å²) in [5.74, 6) is 0.533. The maximum absolute atomic E-state index is 6.32. The SMILES string of the molecule is COCC(OC1(CI)CCCC1)C(C)C. The lowest BCUT2D eigenvalue weighted by Gasteiger charge is -2.34. The first kappa shape index (κ1) is 13.7. The van der Waals surface area contributed by atoms with Crippen LogP contribution in [0.4, 0.5) is 0 Å². The molecule has 0 amide bonds. The average molecular weight is 326 g/mol. The fourth-order valence-corrected chi connectivity index (χ4v) is 3.09. The zero-order valence-corrected chi connectivity index (χ0v) is 12.2. The maximum atomic E-state index is 6.32. The molecule has 0 bridgehead atoms. The first-order valence-corrected chi connectivity index (χ1v) is 7.39. The Morgan fingerprint density at radius 3 is 2.27 bits per heavy atom. The molecule has 1 rings (SSSR count). The molecule has 0 N–H and O–H groups in total. The van der Waals surface area contributed by atoms with Gasteiger partial charge in [-0.1, -0.05) is 49.3 Å². The second-order valence-corrected chi connectivity index (χ2v) is 5.64. The van der Waals surface area contributed by atoms with Gasteiger partial charge in [0.05, 0.1) is 18.3 Å². The minimum Gasteiger partial charge on any atom is -0.382 e. The molecule has 0 heterocycles. The first-order chi connectivity index (χ1) is 7.13. The van der Waals surface area contributed by atoms with Gasteiger partial charge in [0.25, 0.3) is 0 Å². The van der Waals surface area contributed by atoms with Gasteiger partial charge in [-0.3, -0.25) is 0 Å². The molecule has 0 aliphatic heterocycles. The van der Waals surface area contributed by atoms with Gasteiger partial charge in [-0.2, -0.15) is 0 Å². The van der Waals surface area contributed by atoms with Crippen molar-refractivity contribution in [3.8, 4) is 0 Å². The van der Waals surface area contributed by atoms with E-state index < -0.39 is 0 Å². The number of methoxy groups -OCH3 is 1. The van der Waals surface area contributed by atoms with Crippen LogP contribution in [0, 0.1) is 5.92 Å². The summed E-state index contributed by atoms with van der Waals surface area (Å²) in [4.78, 5) is 0. The Morgan fingerprint density at radius 2 is 1.87 bits per heavy atom. The third kappa shape index (κ3) is 3.86. The topological polar surface area (TPSA) is 18.5 Å². The van der Waals surface area contributed by atoms with E-state index in [1.54, 1.807) is 7.11 Å². The molecule has 90 valence electrons. The number of alkyl halides is 1. The molecule has 2 nitrogen and oxygen atoms in total. The van der Waals surface area contributed by atoms with Crippen molar-refractivity contribution in [1.29, 1.82) is 0 Å². The molecule has 0 spiro atoms. The highest BCUT2D eigenvalue weighted by Crippen LogP contribution is 2.36. The quantitative estimate of drug-likeness (QED) is 0.550. The lowest BCUT2D eigenvalue weighted by atomic mass is 10.0. The van der Waals surface area contributed by atoms with E-state index in [-0.39, 0.29) is 11.7 Å². The van der Waals surface area contributed by atoms with Crippen molar-refractivity contribution in [2.24, 2.45) is 5.92 Å². The number of ether oxygens (including phenoxy) is 2. The minimum atomic E-state index is 0.147. The molecule has 0 aromatic heterocycles. The van der Waals surface area contributed by atoms with E-state index in [0.717, 1.165) is 11.0 Å². The van der Waals surface area contributed by atoms with Crippen molar-refractivity contribution in [1.82, 2.24) is 0 Å². The minimum absolute atomic E-state index is 0.147. The molecular formula is C12H23IO2. The normalized spacial score (nSPS) is 22.2. The molecule has 0 radical (unpaired) electrons. The molecule has 15 heavy (non-hydrogen) atoms. The highest BCUT2D eigenvalue weighted by Gasteiger charge is 2.36. The van der Waals surface area contributed by atoms with Crippen LogP contribution in [0.25, 0.3) is 0 Å². The molecule has 1 saturated carbocycles. The molecule has 1 atom stereocenters. The van der Waals surface area contributed by atoms with E-state index in [1.807, 2.05) is 0 Å². The predicted molar refractivity (Wildman–Crippen MR) is 71.7 cm³/mol. The number of rotatable bonds is 6.